The van der Waals surface area contributed by atoms with Crippen molar-refractivity contribution in [3.05, 3.63) is 11.4 Å². The molecule has 1 rings (SSSR count). The highest BCUT2D eigenvalue weighted by Crippen LogP contribution is 2.17. The minimum absolute atomic E-state index is 0.0530. The van der Waals surface area contributed by atoms with E-state index in [9.17, 15) is 8.42 Å². The maximum Gasteiger partial charge on any atom is 0.244 e. The molecule has 0 aliphatic rings. The van der Waals surface area contributed by atoms with E-state index in [-0.39, 0.29) is 10.6 Å². The molecule has 8 heteroatoms. The topological polar surface area (TPSA) is 98.3 Å². The standard InChI is InChI=1S/C12H24N4O3S/c1-9(2)16(4)7-5-6-13-20(18,19)12-10(3)14-15-11(12)8-17/h9,13,17H,5-8H2,1-4H3,(H,14,15). The molecule has 0 spiro atoms. The van der Waals surface area contributed by atoms with Crippen LogP contribution in [0.15, 0.2) is 4.90 Å². The molecule has 3 N–H and O–H groups in total. The van der Waals surface area contributed by atoms with E-state index in [2.05, 4.69) is 33.7 Å². The van der Waals surface area contributed by atoms with Gasteiger partial charge in [0.15, 0.2) is 0 Å². The van der Waals surface area contributed by atoms with E-state index in [0.29, 0.717) is 18.3 Å². The maximum absolute atomic E-state index is 12.2. The van der Waals surface area contributed by atoms with Crippen molar-refractivity contribution in [2.24, 2.45) is 0 Å². The molecule has 0 bridgehead atoms. The molecule has 1 aromatic rings. The minimum Gasteiger partial charge on any atom is -0.390 e. The number of H-pyrrole nitrogens is 1. The first-order valence-electron chi connectivity index (χ1n) is 6.64. The van der Waals surface area contributed by atoms with Crippen LogP contribution in [0.1, 0.15) is 31.7 Å². The van der Waals surface area contributed by atoms with Gasteiger partial charge < -0.3 is 10.0 Å². The maximum atomic E-state index is 12.2. The number of hydrogen-bond donors (Lipinski definition) is 3. The van der Waals surface area contributed by atoms with Crippen LogP contribution in [-0.4, -0.2) is 54.8 Å². The Morgan fingerprint density at radius 3 is 2.65 bits per heavy atom. The van der Waals surface area contributed by atoms with Crippen LogP contribution in [0.5, 0.6) is 0 Å². The van der Waals surface area contributed by atoms with Crippen LogP contribution in [0.3, 0.4) is 0 Å². The minimum atomic E-state index is -3.63. The number of hydrogen-bond acceptors (Lipinski definition) is 5. The summed E-state index contributed by atoms with van der Waals surface area (Å²) in [6, 6.07) is 0.434. The van der Waals surface area contributed by atoms with Crippen molar-refractivity contribution in [2.45, 2.75) is 44.7 Å². The van der Waals surface area contributed by atoms with E-state index < -0.39 is 16.6 Å². The van der Waals surface area contributed by atoms with Gasteiger partial charge in [-0.3, -0.25) is 5.10 Å². The predicted molar refractivity (Wildman–Crippen MR) is 76.8 cm³/mol. The van der Waals surface area contributed by atoms with Gasteiger partial charge in [0.25, 0.3) is 0 Å². The van der Waals surface area contributed by atoms with Gasteiger partial charge in [-0.1, -0.05) is 0 Å². The van der Waals surface area contributed by atoms with Crippen LogP contribution >= 0.6 is 0 Å². The molecule has 1 heterocycles. The molecule has 0 saturated heterocycles. The van der Waals surface area contributed by atoms with Crippen molar-refractivity contribution in [1.82, 2.24) is 19.8 Å². The van der Waals surface area contributed by atoms with Crippen molar-refractivity contribution in [1.29, 1.82) is 0 Å². The summed E-state index contributed by atoms with van der Waals surface area (Å²) in [4.78, 5) is 2.20. The molecule has 0 radical (unpaired) electrons. The molecule has 0 aliphatic carbocycles. The number of nitrogens with zero attached hydrogens (tertiary/aromatic N) is 2. The molecule has 1 aromatic heterocycles. The summed E-state index contributed by atoms with van der Waals surface area (Å²) in [5, 5.41) is 15.5. The van der Waals surface area contributed by atoms with Crippen LogP contribution in [0.2, 0.25) is 0 Å². The Balaban J connectivity index is 2.60. The van der Waals surface area contributed by atoms with Gasteiger partial charge in [-0.15, -0.1) is 0 Å². The number of aliphatic hydroxyl groups excluding tert-OH is 1. The summed E-state index contributed by atoms with van der Waals surface area (Å²) in [6.07, 6.45) is 0.721. The van der Waals surface area contributed by atoms with E-state index in [1.807, 2.05) is 7.05 Å². The Labute approximate surface area is 120 Å². The van der Waals surface area contributed by atoms with E-state index >= 15 is 0 Å². The Hall–Kier alpha value is -0.960. The third-order valence-electron chi connectivity index (χ3n) is 3.24. The van der Waals surface area contributed by atoms with Crippen molar-refractivity contribution in [3.63, 3.8) is 0 Å². The van der Waals surface area contributed by atoms with Crippen molar-refractivity contribution in [3.8, 4) is 0 Å². The molecule has 116 valence electrons. The van der Waals surface area contributed by atoms with Crippen molar-refractivity contribution in [2.75, 3.05) is 20.1 Å². The first kappa shape index (κ1) is 17.1. The second kappa shape index (κ2) is 7.16. The molecule has 7 nitrogen and oxygen atoms in total. The van der Waals surface area contributed by atoms with Crippen LogP contribution in [0.25, 0.3) is 0 Å². The highest BCUT2D eigenvalue weighted by Gasteiger charge is 2.23. The third-order valence-corrected chi connectivity index (χ3v) is 4.90. The Kier molecular flexibility index (Phi) is 6.12. The van der Waals surface area contributed by atoms with Crippen LogP contribution in [0, 0.1) is 6.92 Å². The molecule has 0 atom stereocenters. The number of aromatic nitrogens is 2. The largest absolute Gasteiger partial charge is 0.390 e. The lowest BCUT2D eigenvalue weighted by Gasteiger charge is -2.20. The quantitative estimate of drug-likeness (QED) is 0.597. The van der Waals surface area contributed by atoms with Crippen molar-refractivity contribution < 1.29 is 13.5 Å². The fourth-order valence-corrected chi connectivity index (χ4v) is 3.23. The summed E-state index contributed by atoms with van der Waals surface area (Å²) < 4.78 is 26.9. The summed E-state index contributed by atoms with van der Waals surface area (Å²) in [7, 11) is -1.63. The monoisotopic (exact) mass is 304 g/mol. The lowest BCUT2D eigenvalue weighted by molar-refractivity contribution is 0.271. The predicted octanol–water partition coefficient (Wildman–Crippen LogP) is 0.219. The van der Waals surface area contributed by atoms with E-state index in [1.165, 1.54) is 0 Å². The highest BCUT2D eigenvalue weighted by atomic mass is 32.2. The molecule has 20 heavy (non-hydrogen) atoms. The molecule has 0 amide bonds. The van der Waals surface area contributed by atoms with Gasteiger partial charge in [0.2, 0.25) is 10.0 Å². The fourth-order valence-electron chi connectivity index (χ4n) is 1.80. The van der Waals surface area contributed by atoms with Gasteiger partial charge in [0.05, 0.1) is 12.3 Å². The first-order chi connectivity index (χ1) is 9.29. The Morgan fingerprint density at radius 1 is 1.45 bits per heavy atom. The van der Waals surface area contributed by atoms with Crippen LogP contribution in [-0.2, 0) is 16.6 Å². The number of aryl methyl sites for hydroxylation is 1. The molecule has 0 unspecified atom stereocenters. The average Bonchev–Trinajstić information content (AvgIpc) is 2.76. The van der Waals surface area contributed by atoms with Gasteiger partial charge in [0.1, 0.15) is 10.6 Å². The smallest absolute Gasteiger partial charge is 0.244 e. The zero-order chi connectivity index (χ0) is 15.3. The first-order valence-corrected chi connectivity index (χ1v) is 8.12. The molecule has 0 saturated carbocycles. The van der Waals surface area contributed by atoms with Gasteiger partial charge in [-0.25, -0.2) is 13.1 Å². The number of rotatable bonds is 8. The lowest BCUT2D eigenvalue weighted by Crippen LogP contribution is -2.31. The Morgan fingerprint density at radius 2 is 2.10 bits per heavy atom. The third kappa shape index (κ3) is 4.27. The molecular weight excluding hydrogens is 280 g/mol. The molecule has 0 aromatic carbocycles. The second-order valence-corrected chi connectivity index (χ2v) is 6.81. The second-order valence-electron chi connectivity index (χ2n) is 5.11. The van der Waals surface area contributed by atoms with E-state index in [1.54, 1.807) is 6.92 Å². The zero-order valence-electron chi connectivity index (χ0n) is 12.5. The fraction of sp³-hybridized carbons (Fsp3) is 0.750. The summed E-state index contributed by atoms with van der Waals surface area (Å²) in [6.45, 7) is 6.56. The number of sulfonamides is 1. The van der Waals surface area contributed by atoms with Gasteiger partial charge in [-0.05, 0) is 40.8 Å². The molecular formula is C12H24N4O3S. The highest BCUT2D eigenvalue weighted by molar-refractivity contribution is 7.89. The zero-order valence-corrected chi connectivity index (χ0v) is 13.3. The van der Waals surface area contributed by atoms with Gasteiger partial charge >= 0.3 is 0 Å². The molecule has 0 fully saturated rings. The van der Waals surface area contributed by atoms with Crippen molar-refractivity contribution >= 4 is 10.0 Å². The molecule has 0 aliphatic heterocycles. The van der Waals surface area contributed by atoms with E-state index in [4.69, 9.17) is 5.11 Å². The normalized spacial score (nSPS) is 12.6. The number of nitrogens with one attached hydrogen (secondary N) is 2. The summed E-state index contributed by atoms with van der Waals surface area (Å²) in [5.74, 6) is 0. The van der Waals surface area contributed by atoms with Gasteiger partial charge in [-0.2, -0.15) is 5.10 Å². The van der Waals surface area contributed by atoms with Gasteiger partial charge in [0, 0.05) is 12.6 Å². The lowest BCUT2D eigenvalue weighted by atomic mass is 10.3. The number of aliphatic hydroxyl groups is 1. The SMILES string of the molecule is Cc1[nH]nc(CO)c1S(=O)(=O)NCCCN(C)C(C)C. The summed E-state index contributed by atoms with van der Waals surface area (Å²) >= 11 is 0. The summed E-state index contributed by atoms with van der Waals surface area (Å²) in [5.41, 5.74) is 0.579. The van der Waals surface area contributed by atoms with E-state index in [0.717, 1.165) is 13.0 Å². The van der Waals surface area contributed by atoms with Crippen LogP contribution < -0.4 is 4.72 Å². The Bertz CT molecular complexity index is 525. The number of aromatic amines is 1. The van der Waals surface area contributed by atoms with Crippen LogP contribution in [0.4, 0.5) is 0 Å². The average molecular weight is 304 g/mol.